The van der Waals surface area contributed by atoms with Crippen LogP contribution in [0, 0.1) is 5.82 Å². The van der Waals surface area contributed by atoms with Crippen molar-refractivity contribution < 1.29 is 9.18 Å². The van der Waals surface area contributed by atoms with E-state index in [9.17, 15) is 9.18 Å². The fourth-order valence-electron chi connectivity index (χ4n) is 1.65. The summed E-state index contributed by atoms with van der Waals surface area (Å²) in [5.41, 5.74) is 0.962. The summed E-state index contributed by atoms with van der Waals surface area (Å²) in [6, 6.07) is 11.2. The number of hydrogen-bond acceptors (Lipinski definition) is 1. The Kier molecular flexibility index (Phi) is 4.00. The highest BCUT2D eigenvalue weighted by molar-refractivity contribution is 6.34. The van der Waals surface area contributed by atoms with Gasteiger partial charge in [0.1, 0.15) is 5.82 Å². The first kappa shape index (κ1) is 13.1. The standard InChI is InChI=1S/C14H9Cl2FO/c15-10-4-1-3-9(7-10)8-13(18)11-5-2-6-12(17)14(11)16/h1-7H,8H2. The molecule has 2 rings (SSSR count). The average molecular weight is 283 g/mol. The first-order valence-corrected chi connectivity index (χ1v) is 6.05. The molecular weight excluding hydrogens is 274 g/mol. The zero-order valence-electron chi connectivity index (χ0n) is 9.29. The van der Waals surface area contributed by atoms with Crippen LogP contribution in [-0.2, 0) is 6.42 Å². The highest BCUT2D eigenvalue weighted by atomic mass is 35.5. The van der Waals surface area contributed by atoms with Crippen molar-refractivity contribution in [3.8, 4) is 0 Å². The predicted molar refractivity (Wildman–Crippen MR) is 70.9 cm³/mol. The molecule has 92 valence electrons. The highest BCUT2D eigenvalue weighted by Crippen LogP contribution is 2.22. The van der Waals surface area contributed by atoms with E-state index in [1.807, 2.05) is 0 Å². The topological polar surface area (TPSA) is 17.1 Å². The second kappa shape index (κ2) is 5.51. The Bertz CT molecular complexity index is 596. The van der Waals surface area contributed by atoms with E-state index >= 15 is 0 Å². The van der Waals surface area contributed by atoms with Crippen LogP contribution < -0.4 is 0 Å². The molecule has 0 atom stereocenters. The van der Waals surface area contributed by atoms with Crippen LogP contribution in [0.15, 0.2) is 42.5 Å². The van der Waals surface area contributed by atoms with Gasteiger partial charge in [0, 0.05) is 17.0 Å². The molecule has 2 aromatic rings. The van der Waals surface area contributed by atoms with E-state index < -0.39 is 5.82 Å². The van der Waals surface area contributed by atoms with Crippen molar-refractivity contribution in [1.82, 2.24) is 0 Å². The molecular formula is C14H9Cl2FO. The number of ketones is 1. The van der Waals surface area contributed by atoms with Gasteiger partial charge in [-0.2, -0.15) is 0 Å². The van der Waals surface area contributed by atoms with Crippen molar-refractivity contribution in [1.29, 1.82) is 0 Å². The fraction of sp³-hybridized carbons (Fsp3) is 0.0714. The van der Waals surface area contributed by atoms with Gasteiger partial charge in [-0.15, -0.1) is 0 Å². The van der Waals surface area contributed by atoms with Gasteiger partial charge < -0.3 is 0 Å². The number of carbonyl (C=O) groups excluding carboxylic acids is 1. The number of hydrogen-bond donors (Lipinski definition) is 0. The Morgan fingerprint density at radius 1 is 1.11 bits per heavy atom. The summed E-state index contributed by atoms with van der Waals surface area (Å²) >= 11 is 11.6. The minimum atomic E-state index is -0.589. The molecule has 0 spiro atoms. The van der Waals surface area contributed by atoms with Crippen LogP contribution in [0.2, 0.25) is 10.0 Å². The normalized spacial score (nSPS) is 10.4. The Hall–Kier alpha value is -1.38. The van der Waals surface area contributed by atoms with Crippen LogP contribution in [0.3, 0.4) is 0 Å². The number of carbonyl (C=O) groups is 1. The molecule has 0 saturated heterocycles. The zero-order chi connectivity index (χ0) is 13.1. The molecule has 0 unspecified atom stereocenters. The Labute approximate surface area is 114 Å². The fourth-order valence-corrected chi connectivity index (χ4v) is 2.09. The van der Waals surface area contributed by atoms with Gasteiger partial charge in [0.05, 0.1) is 5.02 Å². The van der Waals surface area contributed by atoms with Crippen molar-refractivity contribution >= 4 is 29.0 Å². The molecule has 0 radical (unpaired) electrons. The van der Waals surface area contributed by atoms with E-state index in [1.165, 1.54) is 18.2 Å². The van der Waals surface area contributed by atoms with Gasteiger partial charge in [0.25, 0.3) is 0 Å². The van der Waals surface area contributed by atoms with Crippen molar-refractivity contribution in [2.24, 2.45) is 0 Å². The first-order chi connectivity index (χ1) is 8.58. The SMILES string of the molecule is O=C(Cc1cccc(Cl)c1)c1cccc(F)c1Cl. The zero-order valence-corrected chi connectivity index (χ0v) is 10.8. The second-order valence-corrected chi connectivity index (χ2v) is 4.65. The van der Waals surface area contributed by atoms with Gasteiger partial charge in [-0.3, -0.25) is 4.79 Å². The van der Waals surface area contributed by atoms with Gasteiger partial charge in [-0.05, 0) is 29.8 Å². The lowest BCUT2D eigenvalue weighted by Crippen LogP contribution is -2.05. The lowest BCUT2D eigenvalue weighted by atomic mass is 10.0. The van der Waals surface area contributed by atoms with E-state index in [0.29, 0.717) is 5.02 Å². The van der Waals surface area contributed by atoms with Gasteiger partial charge in [0.2, 0.25) is 0 Å². The molecule has 18 heavy (non-hydrogen) atoms. The molecule has 0 fully saturated rings. The van der Waals surface area contributed by atoms with E-state index in [2.05, 4.69) is 0 Å². The van der Waals surface area contributed by atoms with Crippen molar-refractivity contribution in [2.75, 3.05) is 0 Å². The second-order valence-electron chi connectivity index (χ2n) is 3.83. The van der Waals surface area contributed by atoms with E-state index in [0.717, 1.165) is 5.56 Å². The molecule has 0 N–H and O–H groups in total. The maximum absolute atomic E-state index is 13.2. The molecule has 0 aliphatic carbocycles. The van der Waals surface area contributed by atoms with Crippen LogP contribution >= 0.6 is 23.2 Å². The minimum Gasteiger partial charge on any atom is -0.294 e. The quantitative estimate of drug-likeness (QED) is 0.755. The third kappa shape index (κ3) is 2.89. The highest BCUT2D eigenvalue weighted by Gasteiger charge is 2.13. The molecule has 0 aliphatic heterocycles. The lowest BCUT2D eigenvalue weighted by molar-refractivity contribution is 0.0992. The van der Waals surface area contributed by atoms with E-state index in [1.54, 1.807) is 24.3 Å². The maximum atomic E-state index is 13.2. The molecule has 1 nitrogen and oxygen atoms in total. The molecule has 0 aliphatic rings. The van der Waals surface area contributed by atoms with Crippen molar-refractivity contribution in [3.05, 3.63) is 69.5 Å². The van der Waals surface area contributed by atoms with Gasteiger partial charge in [-0.1, -0.05) is 41.4 Å². The Morgan fingerprint density at radius 3 is 2.56 bits per heavy atom. The van der Waals surface area contributed by atoms with Gasteiger partial charge in [-0.25, -0.2) is 4.39 Å². The average Bonchev–Trinajstić information content (AvgIpc) is 2.32. The van der Waals surface area contributed by atoms with Crippen LogP contribution in [0.5, 0.6) is 0 Å². The molecule has 4 heteroatoms. The lowest BCUT2D eigenvalue weighted by Gasteiger charge is -2.04. The van der Waals surface area contributed by atoms with Crippen molar-refractivity contribution in [3.63, 3.8) is 0 Å². The van der Waals surface area contributed by atoms with Crippen LogP contribution in [0.4, 0.5) is 4.39 Å². The summed E-state index contributed by atoms with van der Waals surface area (Å²) in [7, 11) is 0. The smallest absolute Gasteiger partial charge is 0.168 e. The van der Waals surface area contributed by atoms with Crippen LogP contribution in [0.1, 0.15) is 15.9 Å². The number of rotatable bonds is 3. The van der Waals surface area contributed by atoms with E-state index in [-0.39, 0.29) is 22.8 Å². The summed E-state index contributed by atoms with van der Waals surface area (Å²) in [6.07, 6.45) is 0.143. The number of benzene rings is 2. The summed E-state index contributed by atoms with van der Waals surface area (Å²) < 4.78 is 13.2. The first-order valence-electron chi connectivity index (χ1n) is 5.29. The minimum absolute atomic E-state index is 0.135. The summed E-state index contributed by atoms with van der Waals surface area (Å²) in [6.45, 7) is 0. The van der Waals surface area contributed by atoms with Crippen molar-refractivity contribution in [2.45, 2.75) is 6.42 Å². The van der Waals surface area contributed by atoms with Gasteiger partial charge >= 0.3 is 0 Å². The summed E-state index contributed by atoms with van der Waals surface area (Å²) in [5, 5.41) is 0.426. The Morgan fingerprint density at radius 2 is 1.83 bits per heavy atom. The van der Waals surface area contributed by atoms with E-state index in [4.69, 9.17) is 23.2 Å². The number of Topliss-reactive ketones (excluding diaryl/α,β-unsaturated/α-hetero) is 1. The molecule has 0 amide bonds. The molecule has 0 bridgehead atoms. The maximum Gasteiger partial charge on any atom is 0.168 e. The summed E-state index contributed by atoms with van der Waals surface area (Å²) in [4.78, 5) is 12.0. The third-order valence-corrected chi connectivity index (χ3v) is 3.12. The van der Waals surface area contributed by atoms with Gasteiger partial charge in [0.15, 0.2) is 5.78 Å². The number of halogens is 3. The third-order valence-electron chi connectivity index (χ3n) is 2.51. The largest absolute Gasteiger partial charge is 0.294 e. The monoisotopic (exact) mass is 282 g/mol. The molecule has 2 aromatic carbocycles. The van der Waals surface area contributed by atoms with Crippen LogP contribution in [0.25, 0.3) is 0 Å². The molecule has 0 saturated carbocycles. The van der Waals surface area contributed by atoms with Crippen LogP contribution in [-0.4, -0.2) is 5.78 Å². The Balaban J connectivity index is 2.25. The molecule has 0 heterocycles. The summed E-state index contributed by atoms with van der Waals surface area (Å²) in [5.74, 6) is -0.824. The molecule has 0 aromatic heterocycles. The predicted octanol–water partition coefficient (Wildman–Crippen LogP) is 4.56.